The molecular weight excluding hydrogens is 552 g/mol. The zero-order valence-corrected chi connectivity index (χ0v) is 24.9. The number of rotatable bonds is 8. The molecule has 0 heterocycles. The number of benzene rings is 2. The molecular formula is C32H40N4O7. The van der Waals surface area contributed by atoms with E-state index in [4.69, 9.17) is 5.73 Å². The number of hydrogen-bond acceptors (Lipinski definition) is 10. The highest BCUT2D eigenvalue weighted by Crippen LogP contribution is 2.52. The number of anilines is 1. The van der Waals surface area contributed by atoms with Gasteiger partial charge in [-0.25, -0.2) is 0 Å². The Hall–Kier alpha value is -3.64. The van der Waals surface area contributed by atoms with Crippen LogP contribution >= 0.6 is 0 Å². The van der Waals surface area contributed by atoms with E-state index >= 15 is 0 Å². The van der Waals surface area contributed by atoms with Crippen LogP contribution in [-0.4, -0.2) is 96.0 Å². The maximum atomic E-state index is 14.1. The monoisotopic (exact) mass is 592 g/mol. The Bertz CT molecular complexity index is 1460. The summed E-state index contributed by atoms with van der Waals surface area (Å²) >= 11 is 0. The number of primary amides is 1. The van der Waals surface area contributed by atoms with Crippen molar-refractivity contribution in [1.82, 2.24) is 10.2 Å². The van der Waals surface area contributed by atoms with Gasteiger partial charge in [0.2, 0.25) is 5.91 Å². The largest absolute Gasteiger partial charge is 0.507 e. The zero-order chi connectivity index (χ0) is 31.4. The van der Waals surface area contributed by atoms with Crippen LogP contribution in [-0.2, 0) is 33.8 Å². The lowest BCUT2D eigenvalue weighted by atomic mass is 9.52. The number of nitrogens with zero attached hydrogens (tertiary/aromatic N) is 2. The lowest BCUT2D eigenvalue weighted by Crippen LogP contribution is -2.75. The van der Waals surface area contributed by atoms with E-state index in [2.05, 4.69) is 5.32 Å². The van der Waals surface area contributed by atoms with E-state index in [1.165, 1.54) is 0 Å². The van der Waals surface area contributed by atoms with Crippen LogP contribution in [0.5, 0.6) is 5.75 Å². The van der Waals surface area contributed by atoms with Gasteiger partial charge in [0.15, 0.2) is 23.0 Å². The third-order valence-electron chi connectivity index (χ3n) is 9.58. The molecule has 3 aliphatic rings. The molecule has 2 aromatic carbocycles. The second-order valence-electron chi connectivity index (χ2n) is 12.5. The molecule has 1 amide bonds. The van der Waals surface area contributed by atoms with Crippen molar-refractivity contribution < 1.29 is 34.5 Å². The number of aliphatic hydroxyl groups excluding tert-OH is 1. The summed E-state index contributed by atoms with van der Waals surface area (Å²) in [5, 5.41) is 37.6. The van der Waals surface area contributed by atoms with E-state index in [1.54, 1.807) is 19.0 Å². The van der Waals surface area contributed by atoms with Gasteiger partial charge in [0.05, 0.1) is 17.6 Å². The van der Waals surface area contributed by atoms with E-state index in [1.807, 2.05) is 55.4 Å². The fourth-order valence-electron chi connectivity index (χ4n) is 7.56. The minimum Gasteiger partial charge on any atom is -0.507 e. The zero-order valence-electron chi connectivity index (χ0n) is 24.9. The summed E-state index contributed by atoms with van der Waals surface area (Å²) in [6.07, 6.45) is -0.436. The molecule has 0 bridgehead atoms. The Balaban J connectivity index is 1.51. The first-order valence-corrected chi connectivity index (χ1v) is 14.6. The predicted molar refractivity (Wildman–Crippen MR) is 159 cm³/mol. The number of likely N-dealkylation sites (N-methyl/N-ethyl adjacent to an activating group) is 1. The Morgan fingerprint density at radius 2 is 1.77 bits per heavy atom. The van der Waals surface area contributed by atoms with E-state index in [9.17, 15) is 34.5 Å². The Labute approximate surface area is 250 Å². The molecule has 43 heavy (non-hydrogen) atoms. The summed E-state index contributed by atoms with van der Waals surface area (Å²) in [5.74, 6) is -9.07. The van der Waals surface area contributed by atoms with Gasteiger partial charge in [-0.1, -0.05) is 30.3 Å². The summed E-state index contributed by atoms with van der Waals surface area (Å²) in [6, 6.07) is 10.8. The molecule has 11 heteroatoms. The van der Waals surface area contributed by atoms with Crippen molar-refractivity contribution in [3.63, 3.8) is 0 Å². The van der Waals surface area contributed by atoms with Crippen LogP contribution in [0.4, 0.5) is 5.69 Å². The molecule has 0 aliphatic heterocycles. The molecule has 6 N–H and O–H groups in total. The fourth-order valence-corrected chi connectivity index (χ4v) is 7.56. The molecule has 3 aliphatic carbocycles. The van der Waals surface area contributed by atoms with Gasteiger partial charge in [0.25, 0.3) is 0 Å². The number of aromatic hydroxyl groups is 1. The summed E-state index contributed by atoms with van der Waals surface area (Å²) in [4.78, 5) is 57.4. The Morgan fingerprint density at radius 1 is 1.09 bits per heavy atom. The van der Waals surface area contributed by atoms with Crippen LogP contribution in [0, 0.1) is 23.7 Å². The second-order valence-corrected chi connectivity index (χ2v) is 12.5. The van der Waals surface area contributed by atoms with Crippen LogP contribution in [0.3, 0.4) is 0 Å². The maximum absolute atomic E-state index is 14.1. The molecule has 7 atom stereocenters. The number of phenolic OH excluding ortho intramolecular Hbond substituents is 1. The lowest BCUT2D eigenvalue weighted by molar-refractivity contribution is -0.190. The van der Waals surface area contributed by atoms with Gasteiger partial charge < -0.3 is 36.2 Å². The van der Waals surface area contributed by atoms with E-state index in [0.717, 1.165) is 17.7 Å². The van der Waals surface area contributed by atoms with Crippen LogP contribution in [0.2, 0.25) is 0 Å². The highest BCUT2D eigenvalue weighted by molar-refractivity contribution is 6.25. The van der Waals surface area contributed by atoms with Gasteiger partial charge in [0, 0.05) is 43.9 Å². The molecule has 0 spiro atoms. The first kappa shape index (κ1) is 30.8. The number of aliphatic hydroxyl groups is 2. The minimum atomic E-state index is -2.68. The molecule has 2 aromatic rings. The first-order valence-electron chi connectivity index (χ1n) is 14.6. The van der Waals surface area contributed by atoms with Gasteiger partial charge >= 0.3 is 0 Å². The van der Waals surface area contributed by atoms with E-state index < -0.39 is 64.7 Å². The van der Waals surface area contributed by atoms with Crippen molar-refractivity contribution in [3.8, 4) is 5.75 Å². The van der Waals surface area contributed by atoms with Crippen molar-refractivity contribution in [2.24, 2.45) is 29.4 Å². The van der Waals surface area contributed by atoms with Crippen LogP contribution < -0.4 is 16.0 Å². The average molecular weight is 593 g/mol. The highest BCUT2D eigenvalue weighted by Gasteiger charge is 2.69. The summed E-state index contributed by atoms with van der Waals surface area (Å²) in [7, 11) is 6.92. The predicted octanol–water partition coefficient (Wildman–Crippen LogP) is 0.0571. The first-order chi connectivity index (χ1) is 20.3. The van der Waals surface area contributed by atoms with Gasteiger partial charge in [-0.15, -0.1) is 0 Å². The molecule has 3 unspecified atom stereocenters. The van der Waals surface area contributed by atoms with Crippen molar-refractivity contribution in [2.75, 3.05) is 39.6 Å². The fraction of sp³-hybridized carbons (Fsp3) is 0.500. The quantitative estimate of drug-likeness (QED) is 0.208. The molecule has 2 saturated carbocycles. The van der Waals surface area contributed by atoms with Crippen LogP contribution in [0.25, 0.3) is 0 Å². The molecule has 11 nitrogen and oxygen atoms in total. The van der Waals surface area contributed by atoms with Crippen molar-refractivity contribution in [3.05, 3.63) is 58.7 Å². The number of carbonyl (C=O) groups excluding carboxylic acids is 4. The number of amides is 1. The number of hydrogen-bond donors (Lipinski definition) is 5. The molecule has 230 valence electrons. The van der Waals surface area contributed by atoms with Gasteiger partial charge in [0.1, 0.15) is 11.7 Å². The third kappa shape index (κ3) is 4.94. The van der Waals surface area contributed by atoms with Crippen LogP contribution in [0.15, 0.2) is 36.4 Å². The number of Topliss-reactive ketones (excluding diaryl/α,β-unsaturated/α-hetero) is 3. The number of carbonyl (C=O) groups is 4. The standard InChI is InChI=1S/C32H40N4O7/c1-35(2)21-14-18(15-34-11-10-16-8-6-5-7-9-16)26(37)23-19(21)12-17-13-20-25(36(3)4)28(39)24(31(33)42)30(41)32(20,43)29(40)22(17)27(23)38/h5-9,14,17,20,22,24-25,28,34,37,39,43H,10-13,15H2,1-4H3,(H2,33,42)/t17-,20-,22?,24?,25-,28?,32-/m1/s1. The highest BCUT2D eigenvalue weighted by atomic mass is 16.3. The number of ketones is 3. The maximum Gasteiger partial charge on any atom is 0.230 e. The summed E-state index contributed by atoms with van der Waals surface area (Å²) < 4.78 is 0. The third-order valence-corrected chi connectivity index (χ3v) is 9.58. The number of nitrogens with one attached hydrogen (secondary N) is 1. The number of fused-ring (bicyclic) bond motifs is 3. The number of phenols is 1. The summed E-state index contributed by atoms with van der Waals surface area (Å²) in [6.45, 7) is 0.903. The Morgan fingerprint density at radius 3 is 2.37 bits per heavy atom. The molecule has 5 rings (SSSR count). The second kappa shape index (κ2) is 11.5. The van der Waals surface area contributed by atoms with E-state index in [-0.39, 0.29) is 30.7 Å². The molecule has 0 aromatic heterocycles. The van der Waals surface area contributed by atoms with Crippen molar-refractivity contribution in [1.29, 1.82) is 0 Å². The average Bonchev–Trinajstić information content (AvgIpc) is 2.94. The lowest BCUT2D eigenvalue weighted by Gasteiger charge is -2.55. The van der Waals surface area contributed by atoms with Gasteiger partial charge in [-0.05, 0) is 63.0 Å². The smallest absolute Gasteiger partial charge is 0.230 e. The van der Waals surface area contributed by atoms with Crippen molar-refractivity contribution >= 4 is 28.9 Å². The molecule has 2 fully saturated rings. The molecule has 0 radical (unpaired) electrons. The Kier molecular flexibility index (Phi) is 8.21. The van der Waals surface area contributed by atoms with Gasteiger partial charge in [-0.3, -0.25) is 19.2 Å². The SMILES string of the molecule is CN(C)c1cc(CNCCc2ccccc2)c(O)c2c1C[C@@H]1C[C@@H]3[C@@H](N(C)C)C(O)C(C(N)=O)C(=O)[C@]3(O)C(=O)C1C2=O. The van der Waals surface area contributed by atoms with Crippen molar-refractivity contribution in [2.45, 2.75) is 43.6 Å². The minimum absolute atomic E-state index is 0.0154. The van der Waals surface area contributed by atoms with Crippen LogP contribution in [0.1, 0.15) is 33.5 Å². The number of nitrogens with two attached hydrogens (primary N) is 1. The van der Waals surface area contributed by atoms with Gasteiger partial charge in [-0.2, -0.15) is 0 Å². The van der Waals surface area contributed by atoms with E-state index in [0.29, 0.717) is 17.7 Å². The summed E-state index contributed by atoms with van der Waals surface area (Å²) in [5.41, 5.74) is 5.75. The molecule has 0 saturated heterocycles. The normalized spacial score (nSPS) is 30.1. The topological polar surface area (TPSA) is 173 Å².